The maximum absolute atomic E-state index is 13.7. The summed E-state index contributed by atoms with van der Waals surface area (Å²) in [5.74, 6) is -0.507. The monoisotopic (exact) mass is 307 g/mol. The van der Waals surface area contributed by atoms with Crippen LogP contribution >= 0.6 is 11.6 Å². The lowest BCUT2D eigenvalue weighted by atomic mass is 10.2. The molecule has 0 atom stereocenters. The first-order valence-corrected chi connectivity index (χ1v) is 6.87. The minimum Gasteiger partial charge on any atom is -0.370 e. The maximum Gasteiger partial charge on any atom is 0.275 e. The summed E-state index contributed by atoms with van der Waals surface area (Å²) in [6, 6.07) is 7.83. The number of aromatic nitrogens is 1. The van der Waals surface area contributed by atoms with Gasteiger partial charge in [0, 0.05) is 6.54 Å². The predicted molar refractivity (Wildman–Crippen MR) is 82.5 cm³/mol. The Morgan fingerprint density at radius 3 is 2.76 bits per heavy atom. The molecular formula is C15H15ClFN3O. The van der Waals surface area contributed by atoms with Gasteiger partial charge < -0.3 is 10.6 Å². The van der Waals surface area contributed by atoms with Crippen molar-refractivity contribution in [3.05, 3.63) is 52.4 Å². The number of rotatable bonds is 4. The van der Waals surface area contributed by atoms with Crippen molar-refractivity contribution in [2.24, 2.45) is 0 Å². The van der Waals surface area contributed by atoms with Crippen LogP contribution < -0.4 is 10.6 Å². The fourth-order valence-electron chi connectivity index (χ4n) is 1.84. The Kier molecular flexibility index (Phi) is 4.75. The summed E-state index contributed by atoms with van der Waals surface area (Å²) in [6.07, 6.45) is 0. The van der Waals surface area contributed by atoms with Crippen LogP contribution in [0.4, 0.5) is 15.9 Å². The van der Waals surface area contributed by atoms with E-state index in [1.807, 2.05) is 6.92 Å². The normalized spacial score (nSPS) is 10.3. The summed E-state index contributed by atoms with van der Waals surface area (Å²) in [5, 5.41) is 5.72. The van der Waals surface area contributed by atoms with E-state index in [2.05, 4.69) is 15.6 Å². The number of hydrogen-bond donors (Lipinski definition) is 2. The molecule has 2 N–H and O–H groups in total. The quantitative estimate of drug-likeness (QED) is 0.901. The third kappa shape index (κ3) is 3.49. The first-order chi connectivity index (χ1) is 10.0. The summed E-state index contributed by atoms with van der Waals surface area (Å²) in [7, 11) is 0. The molecule has 0 bridgehead atoms. The Bertz CT molecular complexity index is 656. The number of nitrogens with one attached hydrogen (secondary N) is 2. The van der Waals surface area contributed by atoms with Crippen LogP contribution in [-0.2, 0) is 0 Å². The predicted octanol–water partition coefficient (Wildman–Crippen LogP) is 3.87. The summed E-state index contributed by atoms with van der Waals surface area (Å²) >= 11 is 5.99. The van der Waals surface area contributed by atoms with E-state index in [4.69, 9.17) is 11.6 Å². The molecule has 0 spiro atoms. The summed E-state index contributed by atoms with van der Waals surface area (Å²) in [5.41, 5.74) is 0.814. The molecule has 21 heavy (non-hydrogen) atoms. The van der Waals surface area contributed by atoms with Gasteiger partial charge in [-0.05, 0) is 37.6 Å². The van der Waals surface area contributed by atoms with Gasteiger partial charge in [0.25, 0.3) is 5.91 Å². The second-order valence-electron chi connectivity index (χ2n) is 4.44. The van der Waals surface area contributed by atoms with E-state index in [1.54, 1.807) is 31.2 Å². The van der Waals surface area contributed by atoms with Gasteiger partial charge in [-0.1, -0.05) is 23.7 Å². The highest BCUT2D eigenvalue weighted by molar-refractivity contribution is 6.34. The number of aryl methyl sites for hydroxylation is 1. The Labute approximate surface area is 127 Å². The van der Waals surface area contributed by atoms with Gasteiger partial charge in [0.05, 0.1) is 10.7 Å². The lowest BCUT2D eigenvalue weighted by molar-refractivity contribution is 0.102. The largest absolute Gasteiger partial charge is 0.370 e. The van der Waals surface area contributed by atoms with Gasteiger partial charge in [-0.3, -0.25) is 4.79 Å². The van der Waals surface area contributed by atoms with Gasteiger partial charge in [-0.2, -0.15) is 0 Å². The first kappa shape index (κ1) is 15.3. The minimum atomic E-state index is -0.548. The molecule has 110 valence electrons. The molecule has 1 heterocycles. The Morgan fingerprint density at radius 1 is 1.33 bits per heavy atom. The zero-order valence-electron chi connectivity index (χ0n) is 11.7. The van der Waals surface area contributed by atoms with Crippen molar-refractivity contribution < 1.29 is 9.18 Å². The molecule has 2 aromatic rings. The van der Waals surface area contributed by atoms with E-state index in [9.17, 15) is 9.18 Å². The number of para-hydroxylation sites is 1. The van der Waals surface area contributed by atoms with Crippen molar-refractivity contribution in [3.8, 4) is 0 Å². The smallest absolute Gasteiger partial charge is 0.275 e. The standard InChI is InChI=1S/C15H15ClFN3O/c1-3-18-12-8-7-10(16)14(19-12)15(21)20-13-9(2)5-4-6-11(13)17/h4-8H,3H2,1-2H3,(H,18,19)(H,20,21). The molecule has 0 unspecified atom stereocenters. The lowest BCUT2D eigenvalue weighted by Gasteiger charge is -2.11. The van der Waals surface area contributed by atoms with Crippen LogP contribution in [0.25, 0.3) is 0 Å². The number of carbonyl (C=O) groups excluding carboxylic acids is 1. The van der Waals surface area contributed by atoms with Crippen molar-refractivity contribution in [2.45, 2.75) is 13.8 Å². The van der Waals surface area contributed by atoms with Crippen molar-refractivity contribution in [1.29, 1.82) is 0 Å². The third-order valence-corrected chi connectivity index (χ3v) is 3.18. The van der Waals surface area contributed by atoms with Crippen LogP contribution in [0.15, 0.2) is 30.3 Å². The molecule has 0 aliphatic heterocycles. The molecule has 4 nitrogen and oxygen atoms in total. The van der Waals surface area contributed by atoms with Crippen molar-refractivity contribution in [1.82, 2.24) is 4.98 Å². The SMILES string of the molecule is CCNc1ccc(Cl)c(C(=O)Nc2c(C)cccc2F)n1. The van der Waals surface area contributed by atoms with E-state index >= 15 is 0 Å². The molecular weight excluding hydrogens is 293 g/mol. The number of benzene rings is 1. The van der Waals surface area contributed by atoms with Gasteiger partial charge in [0.1, 0.15) is 17.3 Å². The van der Waals surface area contributed by atoms with Crippen molar-refractivity contribution in [3.63, 3.8) is 0 Å². The average molecular weight is 308 g/mol. The van der Waals surface area contributed by atoms with Crippen LogP contribution in [-0.4, -0.2) is 17.4 Å². The molecule has 1 aromatic heterocycles. The molecule has 0 aliphatic rings. The van der Waals surface area contributed by atoms with Gasteiger partial charge in [-0.15, -0.1) is 0 Å². The molecule has 6 heteroatoms. The van der Waals surface area contributed by atoms with E-state index < -0.39 is 11.7 Å². The average Bonchev–Trinajstić information content (AvgIpc) is 2.45. The van der Waals surface area contributed by atoms with Crippen LogP contribution in [0.2, 0.25) is 5.02 Å². The second-order valence-corrected chi connectivity index (χ2v) is 4.85. The van der Waals surface area contributed by atoms with Crippen LogP contribution in [0.1, 0.15) is 23.0 Å². The molecule has 0 saturated heterocycles. The van der Waals surface area contributed by atoms with Gasteiger partial charge >= 0.3 is 0 Å². The van der Waals surface area contributed by atoms with E-state index in [-0.39, 0.29) is 16.4 Å². The lowest BCUT2D eigenvalue weighted by Crippen LogP contribution is -2.17. The highest BCUT2D eigenvalue weighted by atomic mass is 35.5. The molecule has 0 fully saturated rings. The Hall–Kier alpha value is -2.14. The summed E-state index contributed by atoms with van der Waals surface area (Å²) in [4.78, 5) is 16.4. The Morgan fingerprint density at radius 2 is 2.10 bits per heavy atom. The summed E-state index contributed by atoms with van der Waals surface area (Å²) in [6.45, 7) is 4.30. The van der Waals surface area contributed by atoms with Crippen LogP contribution in [0.3, 0.4) is 0 Å². The highest BCUT2D eigenvalue weighted by Crippen LogP contribution is 2.22. The third-order valence-electron chi connectivity index (χ3n) is 2.88. The zero-order valence-corrected chi connectivity index (χ0v) is 12.5. The van der Waals surface area contributed by atoms with Gasteiger partial charge in [-0.25, -0.2) is 9.37 Å². The number of halogens is 2. The molecule has 0 aliphatic carbocycles. The second kappa shape index (κ2) is 6.54. The fraction of sp³-hybridized carbons (Fsp3) is 0.200. The first-order valence-electron chi connectivity index (χ1n) is 6.49. The van der Waals surface area contributed by atoms with Crippen LogP contribution in [0.5, 0.6) is 0 Å². The molecule has 0 saturated carbocycles. The Balaban J connectivity index is 2.30. The highest BCUT2D eigenvalue weighted by Gasteiger charge is 2.16. The van der Waals surface area contributed by atoms with Crippen LogP contribution in [0, 0.1) is 12.7 Å². The molecule has 1 aromatic carbocycles. The number of hydrogen-bond acceptors (Lipinski definition) is 3. The zero-order chi connectivity index (χ0) is 15.4. The molecule has 0 radical (unpaired) electrons. The van der Waals surface area contributed by atoms with Crippen molar-refractivity contribution in [2.75, 3.05) is 17.2 Å². The maximum atomic E-state index is 13.7. The molecule has 1 amide bonds. The van der Waals surface area contributed by atoms with Gasteiger partial charge in [0.2, 0.25) is 0 Å². The number of amides is 1. The van der Waals surface area contributed by atoms with E-state index in [0.717, 1.165) is 0 Å². The fourth-order valence-corrected chi connectivity index (χ4v) is 2.04. The van der Waals surface area contributed by atoms with E-state index in [0.29, 0.717) is 17.9 Å². The number of carbonyl (C=O) groups is 1. The molecule has 2 rings (SSSR count). The topological polar surface area (TPSA) is 54.0 Å². The van der Waals surface area contributed by atoms with Gasteiger partial charge in [0.15, 0.2) is 0 Å². The number of pyridine rings is 1. The summed E-state index contributed by atoms with van der Waals surface area (Å²) < 4.78 is 13.7. The minimum absolute atomic E-state index is 0.0535. The van der Waals surface area contributed by atoms with Crippen molar-refractivity contribution >= 4 is 29.0 Å². The number of nitrogens with zero attached hydrogens (tertiary/aromatic N) is 1. The van der Waals surface area contributed by atoms with E-state index in [1.165, 1.54) is 6.07 Å². The number of anilines is 2.